The molecule has 23 heavy (non-hydrogen) atoms. The molecule has 0 amide bonds. The van der Waals surface area contributed by atoms with Crippen molar-refractivity contribution >= 4 is 18.6 Å². The number of hydrogen-bond donors (Lipinski definition) is 2. The number of nitrogens with two attached hydrogens (primary N) is 1. The normalized spacial score (nSPS) is 10.9. The highest BCUT2D eigenvalue weighted by atomic mass is 16.6. The second-order valence-corrected chi connectivity index (χ2v) is 4.45. The van der Waals surface area contributed by atoms with Crippen molar-refractivity contribution < 1.29 is 19.5 Å². The van der Waals surface area contributed by atoms with Crippen molar-refractivity contribution in [2.45, 2.75) is 6.61 Å². The van der Waals surface area contributed by atoms with Crippen molar-refractivity contribution in [2.24, 2.45) is 16.1 Å². The second-order valence-electron chi connectivity index (χ2n) is 4.45. The molecule has 2 aromatic rings. The molecule has 0 aromatic heterocycles. The predicted octanol–water partition coefficient (Wildman–Crippen LogP) is 2.22. The maximum Gasteiger partial charge on any atom is 0.335 e. The Hall–Kier alpha value is -3.19. The summed E-state index contributed by atoms with van der Waals surface area (Å²) in [5.74, 6) is 4.78. The SMILES string of the molecule is C=N/N=C(\OCc1ccccc1ON)c1cccc(C(=O)O)c1. The van der Waals surface area contributed by atoms with Crippen LogP contribution in [-0.2, 0) is 11.3 Å². The highest BCUT2D eigenvalue weighted by Gasteiger charge is 2.11. The van der Waals surface area contributed by atoms with Crippen molar-refractivity contribution in [2.75, 3.05) is 0 Å². The van der Waals surface area contributed by atoms with E-state index >= 15 is 0 Å². The first-order chi connectivity index (χ1) is 11.2. The summed E-state index contributed by atoms with van der Waals surface area (Å²) in [5.41, 5.74) is 1.30. The van der Waals surface area contributed by atoms with Crippen LogP contribution in [0.1, 0.15) is 21.5 Å². The molecule has 3 N–H and O–H groups in total. The Bertz CT molecular complexity index is 744. The summed E-state index contributed by atoms with van der Waals surface area (Å²) in [6.45, 7) is 3.42. The average molecular weight is 313 g/mol. The van der Waals surface area contributed by atoms with Crippen molar-refractivity contribution in [3.05, 3.63) is 65.2 Å². The summed E-state index contributed by atoms with van der Waals surface area (Å²) in [5, 5.41) is 16.3. The van der Waals surface area contributed by atoms with Crippen molar-refractivity contribution in [1.29, 1.82) is 0 Å². The van der Waals surface area contributed by atoms with E-state index in [-0.39, 0.29) is 18.1 Å². The topological polar surface area (TPSA) is 107 Å². The van der Waals surface area contributed by atoms with Gasteiger partial charge in [-0.3, -0.25) is 0 Å². The van der Waals surface area contributed by atoms with Gasteiger partial charge in [-0.15, -0.1) is 5.10 Å². The van der Waals surface area contributed by atoms with Crippen molar-refractivity contribution in [3.63, 3.8) is 0 Å². The molecule has 0 saturated carbocycles. The monoisotopic (exact) mass is 313 g/mol. The number of nitrogens with zero attached hydrogens (tertiary/aromatic N) is 2. The van der Waals surface area contributed by atoms with Crippen molar-refractivity contribution in [1.82, 2.24) is 0 Å². The molecular weight excluding hydrogens is 298 g/mol. The first kappa shape index (κ1) is 16.2. The number of carboxylic acids is 1. The van der Waals surface area contributed by atoms with Gasteiger partial charge in [0.2, 0.25) is 5.90 Å². The number of hydrogen-bond acceptors (Lipinski definition) is 6. The summed E-state index contributed by atoms with van der Waals surface area (Å²) >= 11 is 0. The first-order valence-electron chi connectivity index (χ1n) is 6.60. The summed E-state index contributed by atoms with van der Waals surface area (Å²) < 4.78 is 5.62. The molecule has 0 spiro atoms. The quantitative estimate of drug-likeness (QED) is 0.483. The van der Waals surface area contributed by atoms with E-state index in [0.717, 1.165) is 0 Å². The highest BCUT2D eigenvalue weighted by Crippen LogP contribution is 2.18. The summed E-state index contributed by atoms with van der Waals surface area (Å²) in [4.78, 5) is 15.8. The Balaban J connectivity index is 2.23. The third kappa shape index (κ3) is 4.14. The highest BCUT2D eigenvalue weighted by molar-refractivity contribution is 5.97. The van der Waals surface area contributed by atoms with Crippen LogP contribution in [-0.4, -0.2) is 23.7 Å². The lowest BCUT2D eigenvalue weighted by Gasteiger charge is -2.11. The predicted molar refractivity (Wildman–Crippen MR) is 85.5 cm³/mol. The maximum absolute atomic E-state index is 11.0. The molecular formula is C16H15N3O4. The fourth-order valence-electron chi connectivity index (χ4n) is 1.90. The summed E-state index contributed by atoms with van der Waals surface area (Å²) in [7, 11) is 0. The molecule has 0 aliphatic rings. The van der Waals surface area contributed by atoms with E-state index in [9.17, 15) is 4.79 Å². The van der Waals surface area contributed by atoms with Crippen LogP contribution in [0.5, 0.6) is 5.75 Å². The minimum Gasteiger partial charge on any atom is -0.478 e. The average Bonchev–Trinajstić information content (AvgIpc) is 2.59. The van der Waals surface area contributed by atoms with Gasteiger partial charge in [-0.05, 0) is 24.3 Å². The second kappa shape index (κ2) is 7.71. The minimum absolute atomic E-state index is 0.119. The van der Waals surface area contributed by atoms with Gasteiger partial charge >= 0.3 is 5.97 Å². The van der Waals surface area contributed by atoms with Crippen LogP contribution in [0, 0.1) is 0 Å². The van der Waals surface area contributed by atoms with E-state index in [2.05, 4.69) is 16.9 Å². The van der Waals surface area contributed by atoms with Gasteiger partial charge in [0.15, 0.2) is 5.75 Å². The van der Waals surface area contributed by atoms with E-state index in [0.29, 0.717) is 16.9 Å². The van der Waals surface area contributed by atoms with Crippen LogP contribution in [0.3, 0.4) is 0 Å². The van der Waals surface area contributed by atoms with Crippen molar-refractivity contribution in [3.8, 4) is 5.75 Å². The van der Waals surface area contributed by atoms with Crippen LogP contribution in [0.2, 0.25) is 0 Å². The van der Waals surface area contributed by atoms with E-state index in [1.54, 1.807) is 30.3 Å². The first-order valence-corrected chi connectivity index (χ1v) is 6.60. The molecule has 0 atom stereocenters. The lowest BCUT2D eigenvalue weighted by atomic mass is 10.1. The zero-order valence-corrected chi connectivity index (χ0v) is 12.2. The number of rotatable bonds is 6. The van der Waals surface area contributed by atoms with Crippen LogP contribution in [0.25, 0.3) is 0 Å². The Morgan fingerprint density at radius 1 is 1.17 bits per heavy atom. The molecule has 0 aliphatic carbocycles. The Kier molecular flexibility index (Phi) is 5.43. The van der Waals surface area contributed by atoms with E-state index < -0.39 is 5.97 Å². The molecule has 0 heterocycles. The van der Waals surface area contributed by atoms with Crippen LogP contribution in [0.15, 0.2) is 58.7 Å². The molecule has 7 nitrogen and oxygen atoms in total. The van der Waals surface area contributed by atoms with E-state index in [1.807, 2.05) is 6.07 Å². The van der Waals surface area contributed by atoms with Gasteiger partial charge in [0.05, 0.1) is 5.56 Å². The Labute approximate surface area is 132 Å². The van der Waals surface area contributed by atoms with Crippen LogP contribution >= 0.6 is 0 Å². The molecule has 7 heteroatoms. The standard InChI is InChI=1S/C16H15N3O4/c1-18-19-15(11-6-4-7-12(9-11)16(20)21)22-10-13-5-2-3-8-14(13)23-17/h2-9H,1,10,17H2,(H,20,21)/b19-15-. The van der Waals surface area contributed by atoms with Gasteiger partial charge in [0, 0.05) is 17.8 Å². The smallest absolute Gasteiger partial charge is 0.335 e. The number of carbonyl (C=O) groups is 1. The molecule has 118 valence electrons. The van der Waals surface area contributed by atoms with Gasteiger partial charge in [-0.1, -0.05) is 24.3 Å². The van der Waals surface area contributed by atoms with E-state index in [4.69, 9.17) is 20.6 Å². The molecule has 0 unspecified atom stereocenters. The number of aromatic carboxylic acids is 1. The maximum atomic E-state index is 11.0. The summed E-state index contributed by atoms with van der Waals surface area (Å²) in [6.07, 6.45) is 0. The Morgan fingerprint density at radius 2 is 1.91 bits per heavy atom. The molecule has 2 aromatic carbocycles. The molecule has 0 aliphatic heterocycles. The van der Waals surface area contributed by atoms with E-state index in [1.165, 1.54) is 12.1 Å². The van der Waals surface area contributed by atoms with Gasteiger partial charge in [-0.25, -0.2) is 4.79 Å². The molecule has 0 fully saturated rings. The fraction of sp³-hybridized carbons (Fsp3) is 0.0625. The lowest BCUT2D eigenvalue weighted by molar-refractivity contribution is 0.0697. The number of para-hydroxylation sites is 1. The number of carboxylic acid groups (broad SMARTS) is 1. The Morgan fingerprint density at radius 3 is 2.61 bits per heavy atom. The third-order valence-corrected chi connectivity index (χ3v) is 2.98. The van der Waals surface area contributed by atoms with Crippen LogP contribution in [0.4, 0.5) is 0 Å². The van der Waals surface area contributed by atoms with Gasteiger partial charge in [0.25, 0.3) is 0 Å². The lowest BCUT2D eigenvalue weighted by Crippen LogP contribution is -2.10. The zero-order chi connectivity index (χ0) is 16.7. The molecule has 2 rings (SSSR count). The summed E-state index contributed by atoms with van der Waals surface area (Å²) in [6, 6.07) is 13.3. The van der Waals surface area contributed by atoms with Crippen LogP contribution < -0.4 is 10.7 Å². The number of benzene rings is 2. The van der Waals surface area contributed by atoms with Gasteiger partial charge < -0.3 is 14.7 Å². The fourth-order valence-corrected chi connectivity index (χ4v) is 1.90. The number of ether oxygens (including phenoxy) is 1. The largest absolute Gasteiger partial charge is 0.478 e. The molecule has 0 radical (unpaired) electrons. The zero-order valence-electron chi connectivity index (χ0n) is 12.2. The minimum atomic E-state index is -1.04. The molecule has 0 bridgehead atoms. The van der Waals surface area contributed by atoms with Gasteiger partial charge in [0.1, 0.15) is 6.61 Å². The third-order valence-electron chi connectivity index (χ3n) is 2.98. The molecule has 0 saturated heterocycles. The van der Waals surface area contributed by atoms with Gasteiger partial charge in [-0.2, -0.15) is 11.0 Å².